The molecule has 0 unspecified atom stereocenters. The van der Waals surface area contributed by atoms with Crippen LogP contribution in [0.5, 0.6) is 5.88 Å². The first-order valence-corrected chi connectivity index (χ1v) is 4.74. The van der Waals surface area contributed by atoms with Crippen LogP contribution in [0.25, 0.3) is 0 Å². The molecule has 0 aromatic carbocycles. The maximum absolute atomic E-state index is 11.1. The van der Waals surface area contributed by atoms with E-state index in [9.17, 15) is 4.79 Å². The molecule has 1 aromatic heterocycles. The highest BCUT2D eigenvalue weighted by Crippen LogP contribution is 2.20. The lowest BCUT2D eigenvalue weighted by atomic mass is 10.1. The number of anilines is 1. The Morgan fingerprint density at radius 2 is 2.19 bits per heavy atom. The van der Waals surface area contributed by atoms with E-state index in [0.717, 1.165) is 0 Å². The Kier molecular flexibility index (Phi) is 3.31. The number of hydrogen-bond donors (Lipinski definition) is 1. The van der Waals surface area contributed by atoms with Crippen LogP contribution in [0.3, 0.4) is 0 Å². The van der Waals surface area contributed by atoms with E-state index in [1.165, 1.54) is 18.2 Å². The van der Waals surface area contributed by atoms with E-state index < -0.39 is 11.5 Å². The highest BCUT2D eigenvalue weighted by Gasteiger charge is 2.33. The molecule has 0 bridgehead atoms. The van der Waals surface area contributed by atoms with Crippen molar-refractivity contribution in [2.24, 2.45) is 0 Å². The zero-order chi connectivity index (χ0) is 12.3. The first kappa shape index (κ1) is 12.2. The van der Waals surface area contributed by atoms with E-state index in [4.69, 9.17) is 9.84 Å². The average Bonchev–Trinajstić information content (AvgIpc) is 2.27. The third kappa shape index (κ3) is 2.21. The van der Waals surface area contributed by atoms with Crippen molar-refractivity contribution in [3.8, 4) is 5.88 Å². The number of likely N-dealkylation sites (N-methyl/N-ethyl adjacent to an activating group) is 1. The fourth-order valence-corrected chi connectivity index (χ4v) is 1.00. The molecule has 0 atom stereocenters. The standard InChI is InChI=1S/C10H15N3O3/c1-10(2,8(14)15)13(3)9-11-6-5-7(12-9)16-4/h5-6H,1-4H3,(H,14,15). The maximum Gasteiger partial charge on any atom is 0.329 e. The monoisotopic (exact) mass is 225 g/mol. The van der Waals surface area contributed by atoms with Gasteiger partial charge in [0.05, 0.1) is 7.11 Å². The summed E-state index contributed by atoms with van der Waals surface area (Å²) < 4.78 is 4.95. The summed E-state index contributed by atoms with van der Waals surface area (Å²) in [7, 11) is 3.12. The molecule has 1 aromatic rings. The summed E-state index contributed by atoms with van der Waals surface area (Å²) in [5, 5.41) is 9.07. The Morgan fingerprint density at radius 1 is 1.56 bits per heavy atom. The second kappa shape index (κ2) is 4.34. The second-order valence-electron chi connectivity index (χ2n) is 3.82. The Morgan fingerprint density at radius 3 is 2.69 bits per heavy atom. The minimum atomic E-state index is -1.08. The molecule has 88 valence electrons. The van der Waals surface area contributed by atoms with Crippen LogP contribution in [0, 0.1) is 0 Å². The molecule has 0 spiro atoms. The van der Waals surface area contributed by atoms with Gasteiger partial charge in [-0.15, -0.1) is 0 Å². The summed E-state index contributed by atoms with van der Waals surface area (Å²) in [5.74, 6) is -0.230. The third-order valence-corrected chi connectivity index (χ3v) is 2.49. The van der Waals surface area contributed by atoms with Gasteiger partial charge >= 0.3 is 5.97 Å². The molecule has 1 heterocycles. The van der Waals surface area contributed by atoms with Gasteiger partial charge in [0.25, 0.3) is 0 Å². The predicted octanol–water partition coefficient (Wildman–Crippen LogP) is 0.785. The van der Waals surface area contributed by atoms with Crippen molar-refractivity contribution in [2.45, 2.75) is 19.4 Å². The van der Waals surface area contributed by atoms with Gasteiger partial charge in [0.15, 0.2) is 0 Å². The number of carboxylic acids is 1. The quantitative estimate of drug-likeness (QED) is 0.816. The number of rotatable bonds is 4. The Labute approximate surface area is 93.9 Å². The minimum absolute atomic E-state index is 0.312. The van der Waals surface area contributed by atoms with Crippen molar-refractivity contribution in [1.82, 2.24) is 9.97 Å². The molecule has 0 aliphatic rings. The first-order chi connectivity index (χ1) is 7.39. The van der Waals surface area contributed by atoms with Crippen molar-refractivity contribution in [3.63, 3.8) is 0 Å². The smallest absolute Gasteiger partial charge is 0.329 e. The van der Waals surface area contributed by atoms with Crippen LogP contribution < -0.4 is 9.64 Å². The summed E-state index contributed by atoms with van der Waals surface area (Å²) >= 11 is 0. The van der Waals surface area contributed by atoms with Gasteiger partial charge < -0.3 is 14.7 Å². The molecule has 1 rings (SSSR count). The zero-order valence-corrected chi connectivity index (χ0v) is 9.76. The molecule has 1 N–H and O–H groups in total. The van der Waals surface area contributed by atoms with Gasteiger partial charge in [0.2, 0.25) is 11.8 Å². The van der Waals surface area contributed by atoms with Gasteiger partial charge in [-0.3, -0.25) is 0 Å². The van der Waals surface area contributed by atoms with Crippen molar-refractivity contribution < 1.29 is 14.6 Å². The van der Waals surface area contributed by atoms with Crippen LogP contribution in [-0.2, 0) is 4.79 Å². The van der Waals surface area contributed by atoms with Crippen LogP contribution in [0.2, 0.25) is 0 Å². The number of methoxy groups -OCH3 is 1. The topological polar surface area (TPSA) is 75.5 Å². The van der Waals surface area contributed by atoms with Crippen LogP contribution in [0.15, 0.2) is 12.3 Å². The summed E-state index contributed by atoms with van der Waals surface area (Å²) in [6.45, 7) is 3.16. The molecule has 6 nitrogen and oxygen atoms in total. The van der Waals surface area contributed by atoms with Crippen molar-refractivity contribution >= 4 is 11.9 Å². The second-order valence-corrected chi connectivity index (χ2v) is 3.82. The SMILES string of the molecule is COc1ccnc(N(C)C(C)(C)C(=O)O)n1. The van der Waals surface area contributed by atoms with E-state index in [2.05, 4.69) is 9.97 Å². The highest BCUT2D eigenvalue weighted by molar-refractivity contribution is 5.81. The van der Waals surface area contributed by atoms with Crippen LogP contribution >= 0.6 is 0 Å². The normalized spacial score (nSPS) is 11.0. The van der Waals surface area contributed by atoms with Crippen LogP contribution in [-0.4, -0.2) is 40.7 Å². The average molecular weight is 225 g/mol. The molecule has 0 radical (unpaired) electrons. The summed E-state index contributed by atoms with van der Waals surface area (Å²) in [5.41, 5.74) is -1.08. The molecule has 0 saturated carbocycles. The summed E-state index contributed by atoms with van der Waals surface area (Å²) in [6.07, 6.45) is 1.52. The lowest BCUT2D eigenvalue weighted by Crippen LogP contribution is -2.48. The predicted molar refractivity (Wildman–Crippen MR) is 58.7 cm³/mol. The zero-order valence-electron chi connectivity index (χ0n) is 9.76. The van der Waals surface area contributed by atoms with E-state index in [-0.39, 0.29) is 0 Å². The van der Waals surface area contributed by atoms with Crippen LogP contribution in [0.1, 0.15) is 13.8 Å². The number of aromatic nitrogens is 2. The van der Waals surface area contributed by atoms with Gasteiger partial charge in [0.1, 0.15) is 5.54 Å². The summed E-state index contributed by atoms with van der Waals surface area (Å²) in [4.78, 5) is 20.6. The molecule has 0 aliphatic heterocycles. The number of aliphatic carboxylic acids is 1. The van der Waals surface area contributed by atoms with Gasteiger partial charge in [-0.05, 0) is 13.8 Å². The molecular formula is C10H15N3O3. The van der Waals surface area contributed by atoms with Crippen molar-refractivity contribution in [2.75, 3.05) is 19.1 Å². The summed E-state index contributed by atoms with van der Waals surface area (Å²) in [6, 6.07) is 1.60. The van der Waals surface area contributed by atoms with Crippen molar-refractivity contribution in [1.29, 1.82) is 0 Å². The van der Waals surface area contributed by atoms with Gasteiger partial charge in [0, 0.05) is 19.3 Å². The van der Waals surface area contributed by atoms with E-state index in [1.54, 1.807) is 27.0 Å². The fraction of sp³-hybridized carbons (Fsp3) is 0.500. The maximum atomic E-state index is 11.1. The molecule has 0 aliphatic carbocycles. The molecular weight excluding hydrogens is 210 g/mol. The van der Waals surface area contributed by atoms with Gasteiger partial charge in [-0.1, -0.05) is 0 Å². The van der Waals surface area contributed by atoms with E-state index in [1.807, 2.05) is 0 Å². The number of hydrogen-bond acceptors (Lipinski definition) is 5. The minimum Gasteiger partial charge on any atom is -0.481 e. The molecule has 0 fully saturated rings. The molecule has 0 saturated heterocycles. The molecule has 0 amide bonds. The van der Waals surface area contributed by atoms with E-state index in [0.29, 0.717) is 11.8 Å². The van der Waals surface area contributed by atoms with E-state index >= 15 is 0 Å². The highest BCUT2D eigenvalue weighted by atomic mass is 16.5. The molecule has 6 heteroatoms. The lowest BCUT2D eigenvalue weighted by Gasteiger charge is -2.31. The Bertz CT molecular complexity index is 393. The lowest BCUT2D eigenvalue weighted by molar-refractivity contribution is -0.142. The molecule has 16 heavy (non-hydrogen) atoms. The largest absolute Gasteiger partial charge is 0.481 e. The number of carboxylic acid groups (broad SMARTS) is 1. The number of ether oxygens (including phenoxy) is 1. The van der Waals surface area contributed by atoms with Gasteiger partial charge in [-0.2, -0.15) is 4.98 Å². The third-order valence-electron chi connectivity index (χ3n) is 2.49. The van der Waals surface area contributed by atoms with Crippen LogP contribution in [0.4, 0.5) is 5.95 Å². The van der Waals surface area contributed by atoms with Gasteiger partial charge in [-0.25, -0.2) is 9.78 Å². The number of carbonyl (C=O) groups is 1. The number of nitrogens with zero attached hydrogens (tertiary/aromatic N) is 3. The fourth-order valence-electron chi connectivity index (χ4n) is 1.00. The Hall–Kier alpha value is -1.85. The first-order valence-electron chi connectivity index (χ1n) is 4.74. The Balaban J connectivity index is 3.04. The van der Waals surface area contributed by atoms with Crippen molar-refractivity contribution in [3.05, 3.63) is 12.3 Å².